The summed E-state index contributed by atoms with van der Waals surface area (Å²) in [5.74, 6) is 2.46. The SMILES string of the molecule is C#CCN(C(=O)c1cn(-c2cc(OCC)cc(OCC)c2)c2cc(OCCCCCCC[N+]34CCC(CC3)CC4)ccc2c1=O)c1cc(F)cc(F)c1.[Br-]. The third-order valence-corrected chi connectivity index (χ3v) is 10.7. The minimum atomic E-state index is -0.880. The van der Waals surface area contributed by atoms with E-state index in [0.29, 0.717) is 54.3 Å². The molecule has 288 valence electrons. The fourth-order valence-electron chi connectivity index (χ4n) is 7.91. The second kappa shape index (κ2) is 18.8. The van der Waals surface area contributed by atoms with Crippen molar-refractivity contribution in [1.82, 2.24) is 4.57 Å². The van der Waals surface area contributed by atoms with Crippen molar-refractivity contribution in [3.63, 3.8) is 0 Å². The van der Waals surface area contributed by atoms with E-state index < -0.39 is 23.0 Å². The summed E-state index contributed by atoms with van der Waals surface area (Å²) >= 11 is 0. The Labute approximate surface area is 327 Å². The number of anilines is 1. The van der Waals surface area contributed by atoms with E-state index in [1.165, 1.54) is 75.4 Å². The molecular formula is C43H50BrF2N3O5. The van der Waals surface area contributed by atoms with Crippen molar-refractivity contribution in [3.8, 4) is 35.3 Å². The van der Waals surface area contributed by atoms with Crippen molar-refractivity contribution >= 4 is 22.5 Å². The van der Waals surface area contributed by atoms with Crippen molar-refractivity contribution < 1.29 is 49.3 Å². The Hall–Kier alpha value is -4.40. The highest BCUT2D eigenvalue weighted by Crippen LogP contribution is 2.34. The van der Waals surface area contributed by atoms with Gasteiger partial charge in [0.2, 0.25) is 5.43 Å². The van der Waals surface area contributed by atoms with Crippen molar-refractivity contribution in [2.24, 2.45) is 5.92 Å². The van der Waals surface area contributed by atoms with E-state index in [4.69, 9.17) is 20.6 Å². The molecule has 7 rings (SSSR count). The van der Waals surface area contributed by atoms with Crippen LogP contribution < -0.4 is 41.5 Å². The highest BCUT2D eigenvalue weighted by Gasteiger charge is 2.38. The summed E-state index contributed by atoms with van der Waals surface area (Å²) in [6, 6.07) is 13.2. The normalized spacial score (nSPS) is 17.4. The van der Waals surface area contributed by atoms with Crippen LogP contribution in [0.5, 0.6) is 17.2 Å². The lowest BCUT2D eigenvalue weighted by Gasteiger charge is -2.49. The minimum Gasteiger partial charge on any atom is -1.00 e. The van der Waals surface area contributed by atoms with Crippen molar-refractivity contribution in [2.75, 3.05) is 57.4 Å². The van der Waals surface area contributed by atoms with Crippen LogP contribution in [0.15, 0.2) is 65.6 Å². The molecule has 0 atom stereocenters. The lowest BCUT2D eigenvalue weighted by Crippen LogP contribution is -3.00. The Kier molecular flexibility index (Phi) is 14.2. The summed E-state index contributed by atoms with van der Waals surface area (Å²) in [5, 5.41) is 0.248. The number of fused-ring (bicyclic) bond motifs is 4. The summed E-state index contributed by atoms with van der Waals surface area (Å²) in [6.07, 6.45) is 17.0. The van der Waals surface area contributed by atoms with E-state index in [1.54, 1.807) is 41.0 Å². The maximum Gasteiger partial charge on any atom is 0.264 e. The highest BCUT2D eigenvalue weighted by atomic mass is 79.9. The largest absolute Gasteiger partial charge is 1.00 e. The number of carbonyl (C=O) groups excluding carboxylic acids is 1. The van der Waals surface area contributed by atoms with Gasteiger partial charge in [-0.3, -0.25) is 14.5 Å². The number of halogens is 3. The Morgan fingerprint density at radius 1 is 0.852 bits per heavy atom. The molecule has 3 aromatic carbocycles. The summed E-state index contributed by atoms with van der Waals surface area (Å²) < 4.78 is 49.4. The van der Waals surface area contributed by atoms with Crippen LogP contribution in [0.4, 0.5) is 14.5 Å². The molecule has 0 spiro atoms. The first-order valence-electron chi connectivity index (χ1n) is 19.0. The predicted octanol–water partition coefficient (Wildman–Crippen LogP) is 5.31. The van der Waals surface area contributed by atoms with Gasteiger partial charge in [0.1, 0.15) is 34.4 Å². The first-order chi connectivity index (χ1) is 25.7. The molecule has 1 aromatic heterocycles. The number of piperidine rings is 3. The molecule has 3 aliphatic heterocycles. The van der Waals surface area contributed by atoms with Crippen LogP contribution >= 0.6 is 0 Å². The van der Waals surface area contributed by atoms with Crippen LogP contribution in [0.1, 0.15) is 75.6 Å². The van der Waals surface area contributed by atoms with Crippen molar-refractivity contribution in [3.05, 3.63) is 88.2 Å². The molecule has 3 aliphatic rings. The molecule has 11 heteroatoms. The van der Waals surface area contributed by atoms with E-state index in [9.17, 15) is 18.4 Å². The number of hydrogen-bond donors (Lipinski definition) is 0. The number of aromatic nitrogens is 1. The number of amides is 1. The molecule has 8 nitrogen and oxygen atoms in total. The van der Waals surface area contributed by atoms with Crippen LogP contribution in [0.2, 0.25) is 0 Å². The third-order valence-electron chi connectivity index (χ3n) is 10.7. The smallest absolute Gasteiger partial charge is 0.264 e. The van der Waals surface area contributed by atoms with Gasteiger partial charge in [0.25, 0.3) is 5.91 Å². The topological polar surface area (TPSA) is 70.0 Å². The molecule has 3 saturated heterocycles. The van der Waals surface area contributed by atoms with Gasteiger partial charge in [0, 0.05) is 41.9 Å². The molecule has 2 bridgehead atoms. The zero-order valence-corrected chi connectivity index (χ0v) is 32.8. The Morgan fingerprint density at radius 2 is 1.48 bits per heavy atom. The number of nitrogens with zero attached hydrogens (tertiary/aromatic N) is 3. The van der Waals surface area contributed by atoms with E-state index in [1.807, 2.05) is 13.8 Å². The molecule has 0 unspecified atom stereocenters. The Morgan fingerprint density at radius 3 is 2.11 bits per heavy atom. The maximum atomic E-state index is 14.2. The molecular weight excluding hydrogens is 756 g/mol. The standard InChI is InChI=1S/C43H50F2N3O5.BrH/c1-4-17-46(34-24-32(44)23-33(45)25-34)43(50)40-30-47(35-26-37(51-5-2)28-38(27-35)52-6-3)41-29-36(12-13-39(41)42(40)49)53-22-11-9-7-8-10-18-48-19-14-31(15-20-48)16-21-48;/h1,12-13,23-31H,5-11,14-22H2,2-3H3;1H/q+1;/p-1. The lowest BCUT2D eigenvalue weighted by atomic mass is 9.85. The number of pyridine rings is 1. The second-order valence-electron chi connectivity index (χ2n) is 14.3. The Bertz CT molecular complexity index is 1960. The van der Waals surface area contributed by atoms with Crippen LogP contribution in [-0.4, -0.2) is 67.5 Å². The van der Waals surface area contributed by atoms with Crippen molar-refractivity contribution in [2.45, 2.75) is 65.2 Å². The average Bonchev–Trinajstić information content (AvgIpc) is 3.15. The van der Waals surface area contributed by atoms with E-state index in [0.717, 1.165) is 35.8 Å². The number of terminal acetylenes is 1. The molecule has 54 heavy (non-hydrogen) atoms. The second-order valence-corrected chi connectivity index (χ2v) is 14.3. The van der Waals surface area contributed by atoms with Gasteiger partial charge in [-0.05, 0) is 82.6 Å². The molecule has 0 aliphatic carbocycles. The van der Waals surface area contributed by atoms with Crippen LogP contribution in [0.3, 0.4) is 0 Å². The number of ether oxygens (including phenoxy) is 3. The third kappa shape index (κ3) is 9.63. The molecule has 0 radical (unpaired) electrons. The maximum absolute atomic E-state index is 14.2. The van der Waals surface area contributed by atoms with Gasteiger partial charge >= 0.3 is 0 Å². The number of benzene rings is 3. The van der Waals surface area contributed by atoms with Gasteiger partial charge < -0.3 is 40.2 Å². The molecule has 0 N–H and O–H groups in total. The zero-order valence-electron chi connectivity index (χ0n) is 31.3. The highest BCUT2D eigenvalue weighted by molar-refractivity contribution is 6.08. The fraction of sp³-hybridized carbons (Fsp3) is 0.442. The van der Waals surface area contributed by atoms with Gasteiger partial charge in [-0.25, -0.2) is 8.78 Å². The van der Waals surface area contributed by atoms with Crippen LogP contribution in [0, 0.1) is 29.9 Å². The first-order valence-corrected chi connectivity index (χ1v) is 19.0. The molecule has 4 heterocycles. The van der Waals surface area contributed by atoms with E-state index in [-0.39, 0.29) is 40.2 Å². The number of rotatable bonds is 17. The van der Waals surface area contributed by atoms with E-state index in [2.05, 4.69) is 5.92 Å². The quantitative estimate of drug-likeness (QED) is 0.0823. The molecule has 0 saturated carbocycles. The Balaban J connectivity index is 0.00000561. The van der Waals surface area contributed by atoms with Crippen LogP contribution in [-0.2, 0) is 0 Å². The van der Waals surface area contributed by atoms with Crippen molar-refractivity contribution in [1.29, 1.82) is 0 Å². The molecule has 3 fully saturated rings. The van der Waals surface area contributed by atoms with Gasteiger partial charge in [-0.2, -0.15) is 0 Å². The molecule has 4 aromatic rings. The zero-order chi connectivity index (χ0) is 37.4. The fourth-order valence-corrected chi connectivity index (χ4v) is 7.91. The summed E-state index contributed by atoms with van der Waals surface area (Å²) in [4.78, 5) is 29.2. The summed E-state index contributed by atoms with van der Waals surface area (Å²) in [5.41, 5.74) is 0.162. The number of unbranched alkanes of at least 4 members (excludes halogenated alkanes) is 4. The monoisotopic (exact) mass is 805 g/mol. The van der Waals surface area contributed by atoms with E-state index >= 15 is 0 Å². The number of quaternary nitrogens is 1. The van der Waals surface area contributed by atoms with Gasteiger partial charge in [-0.1, -0.05) is 18.8 Å². The first kappa shape index (κ1) is 40.8. The van der Waals surface area contributed by atoms with Crippen LogP contribution in [0.25, 0.3) is 16.6 Å². The van der Waals surface area contributed by atoms with Gasteiger partial charge in [-0.15, -0.1) is 6.42 Å². The average molecular weight is 807 g/mol. The lowest BCUT2D eigenvalue weighted by molar-refractivity contribution is -0.942. The minimum absolute atomic E-state index is 0. The number of hydrogen-bond acceptors (Lipinski definition) is 5. The van der Waals surface area contributed by atoms with Gasteiger partial charge in [0.15, 0.2) is 0 Å². The predicted molar refractivity (Wildman–Crippen MR) is 204 cm³/mol. The summed E-state index contributed by atoms with van der Waals surface area (Å²) in [7, 11) is 0. The summed E-state index contributed by atoms with van der Waals surface area (Å²) in [6.45, 7) is 10.2. The van der Waals surface area contributed by atoms with Gasteiger partial charge in [0.05, 0.1) is 69.4 Å². The number of carbonyl (C=O) groups is 1. The molecule has 1 amide bonds.